The van der Waals surface area contributed by atoms with Gasteiger partial charge in [-0.1, -0.05) is 12.1 Å². The lowest BCUT2D eigenvalue weighted by Crippen LogP contribution is -2.30. The summed E-state index contributed by atoms with van der Waals surface area (Å²) in [6.45, 7) is 1.94. The topological polar surface area (TPSA) is 67.3 Å². The van der Waals surface area contributed by atoms with E-state index < -0.39 is 11.7 Å². The molecular formula is C24H23F3N4O2. The molecule has 1 aromatic heterocycles. The van der Waals surface area contributed by atoms with Crippen LogP contribution in [0.3, 0.4) is 0 Å². The lowest BCUT2D eigenvalue weighted by atomic mass is 10.1. The summed E-state index contributed by atoms with van der Waals surface area (Å²) in [7, 11) is 0. The van der Waals surface area contributed by atoms with Gasteiger partial charge in [-0.25, -0.2) is 9.97 Å². The van der Waals surface area contributed by atoms with E-state index in [2.05, 4.69) is 20.2 Å². The van der Waals surface area contributed by atoms with E-state index in [9.17, 15) is 18.0 Å². The number of aromatic nitrogens is 2. The average molecular weight is 456 g/mol. The molecule has 1 amide bonds. The van der Waals surface area contributed by atoms with E-state index in [1.807, 2.05) is 0 Å². The third kappa shape index (κ3) is 5.79. The monoisotopic (exact) mass is 456 g/mol. The van der Waals surface area contributed by atoms with Crippen molar-refractivity contribution in [2.75, 3.05) is 18.0 Å². The van der Waals surface area contributed by atoms with Gasteiger partial charge in [-0.05, 0) is 61.2 Å². The van der Waals surface area contributed by atoms with Gasteiger partial charge in [-0.3, -0.25) is 4.79 Å². The molecule has 1 aliphatic rings. The van der Waals surface area contributed by atoms with E-state index in [-0.39, 0.29) is 12.5 Å². The molecule has 0 atom stereocenters. The Balaban J connectivity index is 1.36. The molecule has 1 fully saturated rings. The van der Waals surface area contributed by atoms with Crippen LogP contribution >= 0.6 is 0 Å². The fraction of sp³-hybridized carbons (Fsp3) is 0.292. The second-order valence-electron chi connectivity index (χ2n) is 7.74. The van der Waals surface area contributed by atoms with Crippen molar-refractivity contribution in [3.05, 3.63) is 77.6 Å². The number of ether oxygens (including phenoxy) is 1. The highest BCUT2D eigenvalue weighted by molar-refractivity contribution is 5.94. The van der Waals surface area contributed by atoms with Gasteiger partial charge in [0, 0.05) is 37.6 Å². The zero-order chi connectivity index (χ0) is 23.3. The first kappa shape index (κ1) is 22.6. The van der Waals surface area contributed by atoms with E-state index in [1.54, 1.807) is 36.7 Å². The molecule has 1 saturated heterocycles. The molecule has 1 aliphatic heterocycles. The minimum atomic E-state index is -4.38. The highest BCUT2D eigenvalue weighted by Gasteiger charge is 2.29. The number of anilines is 1. The second kappa shape index (κ2) is 9.89. The van der Waals surface area contributed by atoms with Crippen LogP contribution in [0.4, 0.5) is 19.0 Å². The van der Waals surface area contributed by atoms with Crippen LogP contribution in [-0.4, -0.2) is 29.0 Å². The molecule has 33 heavy (non-hydrogen) atoms. The van der Waals surface area contributed by atoms with Crippen molar-refractivity contribution in [1.82, 2.24) is 15.3 Å². The average Bonchev–Trinajstić information content (AvgIpc) is 2.83. The number of nitrogens with one attached hydrogen (secondary N) is 1. The maximum absolute atomic E-state index is 12.7. The normalized spacial score (nSPS) is 14.1. The van der Waals surface area contributed by atoms with Crippen LogP contribution < -0.4 is 15.0 Å². The number of nitrogens with zero attached hydrogens (tertiary/aromatic N) is 3. The Morgan fingerprint density at radius 1 is 0.939 bits per heavy atom. The molecule has 3 aromatic rings. The quantitative estimate of drug-likeness (QED) is 0.552. The largest absolute Gasteiger partial charge is 0.436 e. The number of carbonyl (C=O) groups is 1. The molecule has 0 radical (unpaired) electrons. The lowest BCUT2D eigenvalue weighted by Gasteiger charge is -2.28. The third-order valence-electron chi connectivity index (χ3n) is 5.37. The molecule has 0 aliphatic carbocycles. The van der Waals surface area contributed by atoms with Crippen molar-refractivity contribution < 1.29 is 22.7 Å². The highest BCUT2D eigenvalue weighted by atomic mass is 19.4. The predicted molar refractivity (Wildman–Crippen MR) is 117 cm³/mol. The number of piperidine rings is 1. The lowest BCUT2D eigenvalue weighted by molar-refractivity contribution is -0.137. The van der Waals surface area contributed by atoms with Gasteiger partial charge in [-0.2, -0.15) is 13.2 Å². The van der Waals surface area contributed by atoms with Crippen LogP contribution in [0.15, 0.2) is 60.9 Å². The predicted octanol–water partition coefficient (Wildman–Crippen LogP) is 5.21. The van der Waals surface area contributed by atoms with E-state index in [0.717, 1.165) is 38.1 Å². The Labute approximate surface area is 189 Å². The highest BCUT2D eigenvalue weighted by Crippen LogP contribution is 2.30. The van der Waals surface area contributed by atoms with Crippen molar-refractivity contribution in [2.24, 2.45) is 0 Å². The van der Waals surface area contributed by atoms with Gasteiger partial charge in [0.25, 0.3) is 11.8 Å². The van der Waals surface area contributed by atoms with Crippen LogP contribution in [0.2, 0.25) is 0 Å². The van der Waals surface area contributed by atoms with Crippen LogP contribution in [-0.2, 0) is 12.7 Å². The number of rotatable bonds is 6. The SMILES string of the molecule is O=C(NCc1ccc(C(F)(F)F)cc1)c1ccc(Oc2nccnc2N2CCCCC2)cc1. The number of benzene rings is 2. The zero-order valence-corrected chi connectivity index (χ0v) is 17.8. The molecule has 0 bridgehead atoms. The van der Waals surface area contributed by atoms with Gasteiger partial charge in [0.2, 0.25) is 0 Å². The van der Waals surface area contributed by atoms with Gasteiger partial charge in [0.1, 0.15) is 5.75 Å². The maximum atomic E-state index is 12.7. The summed E-state index contributed by atoms with van der Waals surface area (Å²) in [5.41, 5.74) is 0.258. The Kier molecular flexibility index (Phi) is 6.76. The number of amides is 1. The van der Waals surface area contributed by atoms with Crippen LogP contribution in [0.5, 0.6) is 11.6 Å². The van der Waals surface area contributed by atoms with Gasteiger partial charge in [-0.15, -0.1) is 0 Å². The summed E-state index contributed by atoms with van der Waals surface area (Å²) in [6, 6.07) is 11.3. The molecule has 4 rings (SSSR count). The third-order valence-corrected chi connectivity index (χ3v) is 5.37. The summed E-state index contributed by atoms with van der Waals surface area (Å²) >= 11 is 0. The van der Waals surface area contributed by atoms with Crippen LogP contribution in [0.1, 0.15) is 40.7 Å². The standard InChI is InChI=1S/C24H23F3N4O2/c25-24(26,27)19-8-4-17(5-9-19)16-30-22(32)18-6-10-20(11-7-18)33-23-21(28-12-13-29-23)31-14-2-1-3-15-31/h4-13H,1-3,14-16H2,(H,30,32). The smallest absolute Gasteiger partial charge is 0.416 e. The minimum absolute atomic E-state index is 0.119. The van der Waals surface area contributed by atoms with E-state index in [1.165, 1.54) is 18.6 Å². The first-order chi connectivity index (χ1) is 15.9. The molecule has 6 nitrogen and oxygen atoms in total. The summed E-state index contributed by atoms with van der Waals surface area (Å²) < 4.78 is 43.9. The molecular weight excluding hydrogens is 433 g/mol. The second-order valence-corrected chi connectivity index (χ2v) is 7.74. The number of halogens is 3. The van der Waals surface area contributed by atoms with Gasteiger partial charge in [0.05, 0.1) is 5.56 Å². The number of alkyl halides is 3. The Bertz CT molecular complexity index is 1080. The van der Waals surface area contributed by atoms with E-state index in [0.29, 0.717) is 28.6 Å². The van der Waals surface area contributed by atoms with Gasteiger partial charge >= 0.3 is 6.18 Å². The van der Waals surface area contributed by atoms with Crippen molar-refractivity contribution in [2.45, 2.75) is 32.0 Å². The molecule has 0 saturated carbocycles. The number of hydrogen-bond acceptors (Lipinski definition) is 5. The zero-order valence-electron chi connectivity index (χ0n) is 17.8. The molecule has 2 heterocycles. The molecule has 172 valence electrons. The molecule has 0 unspecified atom stereocenters. The first-order valence-corrected chi connectivity index (χ1v) is 10.7. The van der Waals surface area contributed by atoms with Crippen molar-refractivity contribution in [3.8, 4) is 11.6 Å². The van der Waals surface area contributed by atoms with Gasteiger partial charge < -0.3 is 15.0 Å². The Hall–Kier alpha value is -3.62. The summed E-state index contributed by atoms with van der Waals surface area (Å²) in [6.07, 6.45) is 2.24. The minimum Gasteiger partial charge on any atom is -0.436 e. The van der Waals surface area contributed by atoms with E-state index in [4.69, 9.17) is 4.74 Å². The Morgan fingerprint density at radius 3 is 2.27 bits per heavy atom. The fourth-order valence-electron chi connectivity index (χ4n) is 3.59. The summed E-state index contributed by atoms with van der Waals surface area (Å²) in [5.74, 6) is 1.30. The van der Waals surface area contributed by atoms with Gasteiger partial charge in [0.15, 0.2) is 5.82 Å². The fourth-order valence-corrected chi connectivity index (χ4v) is 3.59. The summed E-state index contributed by atoms with van der Waals surface area (Å²) in [5, 5.41) is 2.70. The Morgan fingerprint density at radius 2 is 1.61 bits per heavy atom. The molecule has 2 aromatic carbocycles. The maximum Gasteiger partial charge on any atom is 0.416 e. The number of hydrogen-bond donors (Lipinski definition) is 1. The van der Waals surface area contributed by atoms with Crippen molar-refractivity contribution >= 4 is 11.7 Å². The summed E-state index contributed by atoms with van der Waals surface area (Å²) in [4.78, 5) is 23.3. The van der Waals surface area contributed by atoms with Crippen molar-refractivity contribution in [3.63, 3.8) is 0 Å². The van der Waals surface area contributed by atoms with Crippen LogP contribution in [0, 0.1) is 0 Å². The number of carbonyl (C=O) groups excluding carboxylic acids is 1. The van der Waals surface area contributed by atoms with Crippen LogP contribution in [0.25, 0.3) is 0 Å². The molecule has 1 N–H and O–H groups in total. The molecule has 0 spiro atoms. The van der Waals surface area contributed by atoms with Crippen molar-refractivity contribution in [1.29, 1.82) is 0 Å². The molecule has 9 heteroatoms. The first-order valence-electron chi connectivity index (χ1n) is 10.7. The van der Waals surface area contributed by atoms with E-state index >= 15 is 0 Å².